The van der Waals surface area contributed by atoms with Crippen LogP contribution in [0.25, 0.3) is 0 Å². The summed E-state index contributed by atoms with van der Waals surface area (Å²) in [6.07, 6.45) is 3.68. The summed E-state index contributed by atoms with van der Waals surface area (Å²) in [5.74, 6) is -1.34. The van der Waals surface area contributed by atoms with Gasteiger partial charge in [-0.2, -0.15) is 0 Å². The van der Waals surface area contributed by atoms with E-state index in [0.717, 1.165) is 35.1 Å². The van der Waals surface area contributed by atoms with Gasteiger partial charge in [0.15, 0.2) is 0 Å². The highest BCUT2D eigenvalue weighted by molar-refractivity contribution is 6.01. The molecule has 2 aliphatic rings. The molecule has 8 heteroatoms. The second kappa shape index (κ2) is 15.1. The zero-order valence-corrected chi connectivity index (χ0v) is 27.1. The number of fused-ring (bicyclic) bond motifs is 1. The lowest BCUT2D eigenvalue weighted by Gasteiger charge is -2.38. The summed E-state index contributed by atoms with van der Waals surface area (Å²) in [5, 5.41) is 9.17. The number of hydrogen-bond donors (Lipinski definition) is 3. The molecule has 3 N–H and O–H groups in total. The molecule has 0 saturated carbocycles. The number of hydrogen-bond acceptors (Lipinski definition) is 4. The van der Waals surface area contributed by atoms with E-state index in [0.29, 0.717) is 37.9 Å². The van der Waals surface area contributed by atoms with Crippen LogP contribution < -0.4 is 16.0 Å². The molecule has 4 aromatic rings. The Balaban J connectivity index is 1.29. The fraction of sp³-hybridized carbons (Fsp3) is 0.300. The van der Waals surface area contributed by atoms with Crippen LogP contribution in [0.5, 0.6) is 0 Å². The molecule has 1 aliphatic carbocycles. The number of carbonyl (C=O) groups excluding carboxylic acids is 4. The first-order chi connectivity index (χ1) is 23.4. The predicted octanol–water partition coefficient (Wildman–Crippen LogP) is 4.42. The lowest BCUT2D eigenvalue weighted by molar-refractivity contribution is -0.137. The van der Waals surface area contributed by atoms with Gasteiger partial charge < -0.3 is 20.9 Å². The van der Waals surface area contributed by atoms with Crippen molar-refractivity contribution in [2.24, 2.45) is 0 Å². The smallest absolute Gasteiger partial charge is 0.252 e. The molecular formula is C40H42N4O4. The molecular weight excluding hydrogens is 600 g/mol. The Kier molecular flexibility index (Phi) is 10.3. The van der Waals surface area contributed by atoms with Crippen molar-refractivity contribution in [1.82, 2.24) is 20.9 Å². The van der Waals surface area contributed by atoms with Crippen molar-refractivity contribution >= 4 is 23.6 Å². The number of benzene rings is 4. The van der Waals surface area contributed by atoms with Crippen LogP contribution in [0.2, 0.25) is 0 Å². The van der Waals surface area contributed by atoms with E-state index in [9.17, 15) is 19.2 Å². The van der Waals surface area contributed by atoms with Crippen molar-refractivity contribution in [1.29, 1.82) is 0 Å². The number of aryl methyl sites for hydroxylation is 1. The average molecular weight is 643 g/mol. The molecule has 0 spiro atoms. The second-order valence-electron chi connectivity index (χ2n) is 12.8. The number of amides is 4. The van der Waals surface area contributed by atoms with Crippen molar-refractivity contribution < 1.29 is 19.2 Å². The van der Waals surface area contributed by atoms with Gasteiger partial charge in [-0.05, 0) is 60.1 Å². The van der Waals surface area contributed by atoms with E-state index in [2.05, 4.69) is 16.0 Å². The van der Waals surface area contributed by atoms with Gasteiger partial charge in [-0.1, -0.05) is 103 Å². The maximum Gasteiger partial charge on any atom is 0.252 e. The van der Waals surface area contributed by atoms with Crippen molar-refractivity contribution in [2.45, 2.75) is 62.6 Å². The van der Waals surface area contributed by atoms with Gasteiger partial charge in [-0.15, -0.1) is 0 Å². The van der Waals surface area contributed by atoms with Crippen molar-refractivity contribution in [3.63, 3.8) is 0 Å². The summed E-state index contributed by atoms with van der Waals surface area (Å²) >= 11 is 0. The van der Waals surface area contributed by atoms with E-state index in [4.69, 9.17) is 0 Å². The van der Waals surface area contributed by atoms with Crippen LogP contribution in [-0.2, 0) is 40.1 Å². The van der Waals surface area contributed by atoms with Crippen LogP contribution in [0.1, 0.15) is 51.9 Å². The standard InChI is InChI=1S/C40H42N4O4/c45-36(32-19-8-3-9-20-32)43-40(23-22-31-18-10-11-21-33(31)28-40)39(48)42-34(26-29-14-4-1-5-15-29)37(46)41-35(27-30-16-6-2-7-17-30)38(47)44-24-12-13-25-44/h1-11,14-21,34-35H,12-13,22-28H2,(H,41,46)(H,42,48)(H,43,45)/t34-,35-,40+/m0/s1. The highest BCUT2D eigenvalue weighted by atomic mass is 16.2. The summed E-state index contributed by atoms with van der Waals surface area (Å²) in [4.78, 5) is 57.9. The number of likely N-dealkylation sites (tertiary alicyclic amines) is 1. The Hall–Kier alpha value is -5.24. The van der Waals surface area contributed by atoms with Gasteiger partial charge in [0.2, 0.25) is 17.7 Å². The van der Waals surface area contributed by atoms with Gasteiger partial charge in [-0.25, -0.2) is 0 Å². The Morgan fingerprint density at radius 1 is 0.646 bits per heavy atom. The van der Waals surface area contributed by atoms with Gasteiger partial charge in [-0.3, -0.25) is 19.2 Å². The minimum Gasteiger partial charge on any atom is -0.342 e. The molecule has 1 heterocycles. The molecule has 0 bridgehead atoms. The largest absolute Gasteiger partial charge is 0.342 e. The first-order valence-corrected chi connectivity index (χ1v) is 16.8. The molecule has 1 fully saturated rings. The molecule has 48 heavy (non-hydrogen) atoms. The number of nitrogens with one attached hydrogen (secondary N) is 3. The number of rotatable bonds is 11. The molecule has 1 aliphatic heterocycles. The van der Waals surface area contributed by atoms with E-state index < -0.39 is 29.4 Å². The van der Waals surface area contributed by atoms with Gasteiger partial charge >= 0.3 is 0 Å². The molecule has 0 unspecified atom stereocenters. The normalized spacial score (nSPS) is 18.2. The molecule has 246 valence electrons. The first-order valence-electron chi connectivity index (χ1n) is 16.8. The minimum atomic E-state index is -1.29. The highest BCUT2D eigenvalue weighted by Crippen LogP contribution is 2.30. The predicted molar refractivity (Wildman–Crippen MR) is 185 cm³/mol. The molecule has 3 atom stereocenters. The second-order valence-corrected chi connectivity index (χ2v) is 12.8. The Morgan fingerprint density at radius 3 is 1.81 bits per heavy atom. The molecule has 4 amide bonds. The zero-order chi connectivity index (χ0) is 33.3. The van der Waals surface area contributed by atoms with Crippen molar-refractivity contribution in [3.05, 3.63) is 143 Å². The molecule has 4 aromatic carbocycles. The third kappa shape index (κ3) is 7.82. The number of carbonyl (C=O) groups is 4. The van der Waals surface area contributed by atoms with E-state index in [-0.39, 0.29) is 24.7 Å². The Bertz CT molecular complexity index is 1720. The average Bonchev–Trinajstić information content (AvgIpc) is 3.67. The Labute approximate surface area is 281 Å². The highest BCUT2D eigenvalue weighted by Gasteiger charge is 2.44. The van der Waals surface area contributed by atoms with Crippen LogP contribution in [0, 0.1) is 0 Å². The zero-order valence-electron chi connectivity index (χ0n) is 27.1. The van der Waals surface area contributed by atoms with Crippen LogP contribution >= 0.6 is 0 Å². The summed E-state index contributed by atoms with van der Waals surface area (Å²) in [5.41, 5.74) is 3.08. The Morgan fingerprint density at radius 2 is 1.19 bits per heavy atom. The van der Waals surface area contributed by atoms with Crippen molar-refractivity contribution in [3.8, 4) is 0 Å². The lowest BCUT2D eigenvalue weighted by atomic mass is 9.76. The molecule has 6 rings (SSSR count). The summed E-state index contributed by atoms with van der Waals surface area (Å²) in [7, 11) is 0. The lowest BCUT2D eigenvalue weighted by Crippen LogP contribution is -2.65. The molecule has 1 saturated heterocycles. The van der Waals surface area contributed by atoms with Crippen molar-refractivity contribution in [2.75, 3.05) is 13.1 Å². The van der Waals surface area contributed by atoms with E-state index in [1.165, 1.54) is 0 Å². The van der Waals surface area contributed by atoms with Gasteiger partial charge in [0.1, 0.15) is 17.6 Å². The quantitative estimate of drug-likeness (QED) is 0.225. The molecule has 0 aromatic heterocycles. The monoisotopic (exact) mass is 642 g/mol. The topological polar surface area (TPSA) is 108 Å². The third-order valence-corrected chi connectivity index (χ3v) is 9.47. The fourth-order valence-electron chi connectivity index (χ4n) is 6.81. The van der Waals surface area contributed by atoms with E-state index in [1.807, 2.05) is 95.9 Å². The number of nitrogens with zero attached hydrogens (tertiary/aromatic N) is 1. The summed E-state index contributed by atoms with van der Waals surface area (Å²) in [6.45, 7) is 1.32. The minimum absolute atomic E-state index is 0.120. The maximum absolute atomic E-state index is 14.5. The van der Waals surface area contributed by atoms with Gasteiger partial charge in [0.25, 0.3) is 5.91 Å². The van der Waals surface area contributed by atoms with Crippen LogP contribution in [-0.4, -0.2) is 59.2 Å². The van der Waals surface area contributed by atoms with Crippen LogP contribution in [0.3, 0.4) is 0 Å². The maximum atomic E-state index is 14.5. The first kappa shape index (κ1) is 32.7. The molecule has 0 radical (unpaired) electrons. The third-order valence-electron chi connectivity index (χ3n) is 9.47. The fourth-order valence-corrected chi connectivity index (χ4v) is 6.81. The van der Waals surface area contributed by atoms with E-state index >= 15 is 0 Å². The summed E-state index contributed by atoms with van der Waals surface area (Å²) < 4.78 is 0. The van der Waals surface area contributed by atoms with Crippen LogP contribution in [0.15, 0.2) is 115 Å². The van der Waals surface area contributed by atoms with Gasteiger partial charge in [0.05, 0.1) is 0 Å². The van der Waals surface area contributed by atoms with Crippen LogP contribution in [0.4, 0.5) is 0 Å². The van der Waals surface area contributed by atoms with Gasteiger partial charge in [0, 0.05) is 37.9 Å². The molecule has 8 nitrogen and oxygen atoms in total. The van der Waals surface area contributed by atoms with E-state index in [1.54, 1.807) is 24.3 Å². The summed E-state index contributed by atoms with van der Waals surface area (Å²) in [6, 6.07) is 34.1. The SMILES string of the molecule is O=C(N[C@]1(C(=O)N[C@@H](Cc2ccccc2)C(=O)N[C@@H](Cc2ccccc2)C(=O)N2CCCC2)CCc2ccccc2C1)c1ccccc1.